The number of nitrogens with two attached hydrogens (primary N) is 1. The van der Waals surface area contributed by atoms with Crippen LogP contribution in [0, 0.1) is 0 Å². The van der Waals surface area contributed by atoms with Gasteiger partial charge in [-0.25, -0.2) is 0 Å². The van der Waals surface area contributed by atoms with Crippen LogP contribution in [0.5, 0.6) is 0 Å². The first-order valence-corrected chi connectivity index (χ1v) is 4.41. The zero-order chi connectivity index (χ0) is 11.6. The summed E-state index contributed by atoms with van der Waals surface area (Å²) in [6.45, 7) is 0.532. The minimum atomic E-state index is -4.33. The molecule has 0 bridgehead atoms. The van der Waals surface area contributed by atoms with Crippen LogP contribution in [0.1, 0.15) is 11.1 Å². The van der Waals surface area contributed by atoms with Gasteiger partial charge in [0.05, 0.1) is 5.56 Å². The first-order valence-electron chi connectivity index (χ1n) is 4.41. The predicted molar refractivity (Wildman–Crippen MR) is 53.2 cm³/mol. The molecule has 0 radical (unpaired) electrons. The highest BCUT2D eigenvalue weighted by Gasteiger charge is 2.30. The summed E-state index contributed by atoms with van der Waals surface area (Å²) in [5.41, 5.74) is 5.71. The average molecular weight is 218 g/mol. The van der Waals surface area contributed by atoms with Crippen molar-refractivity contribution in [3.8, 4) is 0 Å². The van der Waals surface area contributed by atoms with Gasteiger partial charge in [0.2, 0.25) is 0 Å². The van der Waals surface area contributed by atoms with Crippen molar-refractivity contribution in [1.29, 1.82) is 0 Å². The molecular formula is C10H13F3N2. The number of halogens is 3. The molecule has 0 aliphatic rings. The minimum Gasteiger partial charge on any atom is -0.398 e. The van der Waals surface area contributed by atoms with E-state index in [9.17, 15) is 13.2 Å². The molecule has 0 fully saturated rings. The Kier molecular flexibility index (Phi) is 3.24. The van der Waals surface area contributed by atoms with Crippen LogP contribution in [0.25, 0.3) is 0 Å². The Morgan fingerprint density at radius 2 is 1.87 bits per heavy atom. The molecule has 0 aliphatic carbocycles. The zero-order valence-corrected chi connectivity index (χ0v) is 8.60. The maximum absolute atomic E-state index is 12.3. The molecule has 0 saturated carbocycles. The Balaban J connectivity index is 2.98. The van der Waals surface area contributed by atoms with E-state index >= 15 is 0 Å². The summed E-state index contributed by atoms with van der Waals surface area (Å²) in [5.74, 6) is 0. The summed E-state index contributed by atoms with van der Waals surface area (Å²) in [7, 11) is 3.66. The minimum absolute atomic E-state index is 0.179. The summed E-state index contributed by atoms with van der Waals surface area (Å²) < 4.78 is 36.9. The topological polar surface area (TPSA) is 29.3 Å². The van der Waals surface area contributed by atoms with Crippen LogP contribution in [-0.2, 0) is 12.7 Å². The fourth-order valence-electron chi connectivity index (χ4n) is 1.26. The van der Waals surface area contributed by atoms with Gasteiger partial charge in [-0.3, -0.25) is 0 Å². The van der Waals surface area contributed by atoms with Gasteiger partial charge >= 0.3 is 6.18 Å². The molecular weight excluding hydrogens is 205 g/mol. The SMILES string of the molecule is CN(C)Cc1ccc(C(F)(F)F)cc1N. The number of alkyl halides is 3. The van der Waals surface area contributed by atoms with Crippen molar-refractivity contribution in [3.63, 3.8) is 0 Å². The molecule has 15 heavy (non-hydrogen) atoms. The quantitative estimate of drug-likeness (QED) is 0.772. The van der Waals surface area contributed by atoms with E-state index in [1.54, 1.807) is 0 Å². The lowest BCUT2D eigenvalue weighted by molar-refractivity contribution is -0.137. The van der Waals surface area contributed by atoms with Gasteiger partial charge in [0.15, 0.2) is 0 Å². The van der Waals surface area contributed by atoms with E-state index in [-0.39, 0.29) is 5.69 Å². The predicted octanol–water partition coefficient (Wildman–Crippen LogP) is 2.35. The van der Waals surface area contributed by atoms with Gasteiger partial charge < -0.3 is 10.6 Å². The zero-order valence-electron chi connectivity index (χ0n) is 8.60. The Bertz CT molecular complexity index is 345. The van der Waals surface area contributed by atoms with E-state index in [0.717, 1.165) is 12.1 Å². The second-order valence-corrected chi connectivity index (χ2v) is 3.65. The lowest BCUT2D eigenvalue weighted by Crippen LogP contribution is -2.13. The molecule has 2 nitrogen and oxygen atoms in total. The van der Waals surface area contributed by atoms with E-state index in [4.69, 9.17) is 5.73 Å². The Morgan fingerprint density at radius 3 is 2.27 bits per heavy atom. The van der Waals surface area contributed by atoms with Gasteiger partial charge in [0.25, 0.3) is 0 Å². The van der Waals surface area contributed by atoms with Crippen molar-refractivity contribution in [2.75, 3.05) is 19.8 Å². The Hall–Kier alpha value is -1.23. The number of benzene rings is 1. The van der Waals surface area contributed by atoms with Crippen molar-refractivity contribution >= 4 is 5.69 Å². The summed E-state index contributed by atoms with van der Waals surface area (Å²) in [6, 6.07) is 3.44. The Labute approximate surface area is 86.5 Å². The van der Waals surface area contributed by atoms with E-state index < -0.39 is 11.7 Å². The van der Waals surface area contributed by atoms with Gasteiger partial charge in [-0.2, -0.15) is 13.2 Å². The van der Waals surface area contributed by atoms with Gasteiger partial charge in [-0.1, -0.05) is 6.07 Å². The number of nitrogens with zero attached hydrogens (tertiary/aromatic N) is 1. The molecule has 0 aliphatic heterocycles. The molecule has 84 valence electrons. The molecule has 0 spiro atoms. The van der Waals surface area contributed by atoms with Crippen LogP contribution in [0.15, 0.2) is 18.2 Å². The van der Waals surface area contributed by atoms with Crippen LogP contribution < -0.4 is 5.73 Å². The molecule has 0 unspecified atom stereocenters. The monoisotopic (exact) mass is 218 g/mol. The van der Waals surface area contributed by atoms with E-state index in [0.29, 0.717) is 12.1 Å². The first kappa shape index (κ1) is 11.8. The first-order chi connectivity index (χ1) is 6.80. The highest BCUT2D eigenvalue weighted by atomic mass is 19.4. The molecule has 1 aromatic carbocycles. The maximum atomic E-state index is 12.3. The number of anilines is 1. The van der Waals surface area contributed by atoms with E-state index in [2.05, 4.69) is 0 Å². The van der Waals surface area contributed by atoms with Crippen LogP contribution in [-0.4, -0.2) is 19.0 Å². The largest absolute Gasteiger partial charge is 0.416 e. The highest BCUT2D eigenvalue weighted by Crippen LogP contribution is 2.31. The van der Waals surface area contributed by atoms with Crippen molar-refractivity contribution in [2.24, 2.45) is 0 Å². The second kappa shape index (κ2) is 4.10. The highest BCUT2D eigenvalue weighted by molar-refractivity contribution is 5.49. The summed E-state index contributed by atoms with van der Waals surface area (Å²) in [6.07, 6.45) is -4.33. The normalized spacial score (nSPS) is 12.1. The third-order valence-corrected chi connectivity index (χ3v) is 1.96. The summed E-state index contributed by atoms with van der Waals surface area (Å²) >= 11 is 0. The fraction of sp³-hybridized carbons (Fsp3) is 0.400. The summed E-state index contributed by atoms with van der Waals surface area (Å²) in [4.78, 5) is 1.85. The van der Waals surface area contributed by atoms with E-state index in [1.165, 1.54) is 6.07 Å². The molecule has 2 N–H and O–H groups in total. The van der Waals surface area contributed by atoms with Gasteiger partial charge in [-0.15, -0.1) is 0 Å². The van der Waals surface area contributed by atoms with Gasteiger partial charge in [0.1, 0.15) is 0 Å². The Morgan fingerprint density at radius 1 is 1.27 bits per heavy atom. The molecule has 0 saturated heterocycles. The van der Waals surface area contributed by atoms with Crippen molar-refractivity contribution in [2.45, 2.75) is 12.7 Å². The number of nitrogen functional groups attached to an aromatic ring is 1. The number of hydrogen-bond acceptors (Lipinski definition) is 2. The van der Waals surface area contributed by atoms with Gasteiger partial charge in [0, 0.05) is 12.2 Å². The summed E-state index contributed by atoms with van der Waals surface area (Å²) in [5, 5.41) is 0. The van der Waals surface area contributed by atoms with Gasteiger partial charge in [-0.05, 0) is 31.8 Å². The number of rotatable bonds is 2. The van der Waals surface area contributed by atoms with Crippen molar-refractivity contribution < 1.29 is 13.2 Å². The third-order valence-electron chi connectivity index (χ3n) is 1.96. The molecule has 0 atom stereocenters. The molecule has 1 aromatic rings. The van der Waals surface area contributed by atoms with E-state index in [1.807, 2.05) is 19.0 Å². The lowest BCUT2D eigenvalue weighted by atomic mass is 10.1. The maximum Gasteiger partial charge on any atom is 0.416 e. The van der Waals surface area contributed by atoms with Crippen molar-refractivity contribution in [1.82, 2.24) is 4.90 Å². The number of hydrogen-bond donors (Lipinski definition) is 1. The molecule has 0 amide bonds. The molecule has 0 aromatic heterocycles. The fourth-order valence-corrected chi connectivity index (χ4v) is 1.26. The second-order valence-electron chi connectivity index (χ2n) is 3.65. The standard InChI is InChI=1S/C10H13F3N2/c1-15(2)6-7-3-4-8(5-9(7)14)10(11,12)13/h3-5H,6,14H2,1-2H3. The molecule has 1 rings (SSSR count). The third kappa shape index (κ3) is 3.13. The van der Waals surface area contributed by atoms with Crippen LogP contribution in [0.2, 0.25) is 0 Å². The van der Waals surface area contributed by atoms with Crippen LogP contribution >= 0.6 is 0 Å². The molecule has 5 heteroatoms. The smallest absolute Gasteiger partial charge is 0.398 e. The van der Waals surface area contributed by atoms with Crippen molar-refractivity contribution in [3.05, 3.63) is 29.3 Å². The molecule has 0 heterocycles. The van der Waals surface area contributed by atoms with Crippen LogP contribution in [0.3, 0.4) is 0 Å². The lowest BCUT2D eigenvalue weighted by Gasteiger charge is -2.14. The van der Waals surface area contributed by atoms with Crippen LogP contribution in [0.4, 0.5) is 18.9 Å². The average Bonchev–Trinajstić information content (AvgIpc) is 2.05.